The van der Waals surface area contributed by atoms with Crippen LogP contribution in [0, 0.1) is 0 Å². The second-order valence-electron chi connectivity index (χ2n) is 5.29. The van der Waals surface area contributed by atoms with Crippen LogP contribution in [0.25, 0.3) is 0 Å². The zero-order chi connectivity index (χ0) is 14.2. The molecule has 0 radical (unpaired) electrons. The minimum atomic E-state index is -0.906. The fourth-order valence-electron chi connectivity index (χ4n) is 2.46. The summed E-state index contributed by atoms with van der Waals surface area (Å²) in [4.78, 5) is 11.1. The maximum Gasteiger partial charge on any atom is 0.217 e. The highest BCUT2D eigenvalue weighted by Crippen LogP contribution is 2.32. The third-order valence-corrected chi connectivity index (χ3v) is 3.29. The van der Waals surface area contributed by atoms with Crippen molar-refractivity contribution >= 4 is 5.91 Å². The lowest BCUT2D eigenvalue weighted by Gasteiger charge is -2.23. The summed E-state index contributed by atoms with van der Waals surface area (Å²) in [7, 11) is 1.46. The number of amides is 1. The van der Waals surface area contributed by atoms with Crippen molar-refractivity contribution in [2.75, 3.05) is 13.7 Å². The highest BCUT2D eigenvalue weighted by Gasteiger charge is 2.51. The SMILES string of the molecule is CO[C@@H]1O[C@H]([C@H]2COC(C)(C)O2)[C@H](O)[C@H]1NC(C)=O. The Morgan fingerprint density at radius 2 is 2.16 bits per heavy atom. The summed E-state index contributed by atoms with van der Waals surface area (Å²) in [5, 5.41) is 12.9. The van der Waals surface area contributed by atoms with Crippen molar-refractivity contribution in [1.82, 2.24) is 5.32 Å². The van der Waals surface area contributed by atoms with E-state index in [1.54, 1.807) is 13.8 Å². The monoisotopic (exact) mass is 275 g/mol. The Balaban J connectivity index is 2.05. The molecule has 0 spiro atoms. The molecule has 5 atom stereocenters. The number of aliphatic hydroxyl groups is 1. The normalized spacial score (nSPS) is 41.4. The molecule has 7 heteroatoms. The molecule has 0 saturated carbocycles. The van der Waals surface area contributed by atoms with Crippen LogP contribution in [0.4, 0.5) is 0 Å². The highest BCUT2D eigenvalue weighted by molar-refractivity contribution is 5.73. The largest absolute Gasteiger partial charge is 0.388 e. The lowest BCUT2D eigenvalue weighted by molar-refractivity contribution is -0.181. The van der Waals surface area contributed by atoms with Crippen molar-refractivity contribution in [3.05, 3.63) is 0 Å². The van der Waals surface area contributed by atoms with Gasteiger partial charge in [-0.2, -0.15) is 0 Å². The van der Waals surface area contributed by atoms with E-state index in [1.165, 1.54) is 14.0 Å². The molecule has 2 N–H and O–H groups in total. The van der Waals surface area contributed by atoms with Crippen LogP contribution < -0.4 is 5.32 Å². The average Bonchev–Trinajstić information content (AvgIpc) is 2.81. The molecule has 0 aromatic rings. The fraction of sp³-hybridized carbons (Fsp3) is 0.917. The second kappa shape index (κ2) is 5.34. The van der Waals surface area contributed by atoms with E-state index in [2.05, 4.69) is 5.32 Å². The summed E-state index contributed by atoms with van der Waals surface area (Å²) in [6.07, 6.45) is -2.59. The Kier molecular flexibility index (Phi) is 4.12. The van der Waals surface area contributed by atoms with Gasteiger partial charge in [0.05, 0.1) is 6.61 Å². The van der Waals surface area contributed by atoms with Gasteiger partial charge in [-0.25, -0.2) is 0 Å². The first kappa shape index (κ1) is 14.7. The zero-order valence-corrected chi connectivity index (χ0v) is 11.6. The molecule has 0 bridgehead atoms. The number of rotatable bonds is 3. The van der Waals surface area contributed by atoms with Gasteiger partial charge in [0.15, 0.2) is 12.1 Å². The molecule has 0 aromatic heterocycles. The minimum absolute atomic E-state index is 0.251. The molecule has 7 nitrogen and oxygen atoms in total. The van der Waals surface area contributed by atoms with Crippen LogP contribution in [0.15, 0.2) is 0 Å². The predicted molar refractivity (Wildman–Crippen MR) is 64.2 cm³/mol. The van der Waals surface area contributed by atoms with Crippen LogP contribution in [0.3, 0.4) is 0 Å². The predicted octanol–water partition coefficient (Wildman–Crippen LogP) is -0.625. The summed E-state index contributed by atoms with van der Waals surface area (Å²) >= 11 is 0. The standard InChI is InChI=1S/C12H21NO6/c1-6(14)13-8-9(15)10(18-11(8)16-4)7-5-17-12(2,3)19-7/h7-11,15H,5H2,1-4H3,(H,13,14)/t7-,8-,9-,10-,11-/m1/s1. The van der Waals surface area contributed by atoms with Crippen molar-refractivity contribution in [3.8, 4) is 0 Å². The van der Waals surface area contributed by atoms with Crippen LogP contribution in [0.2, 0.25) is 0 Å². The molecule has 0 aliphatic carbocycles. The van der Waals surface area contributed by atoms with E-state index >= 15 is 0 Å². The van der Waals surface area contributed by atoms with E-state index in [0.29, 0.717) is 6.61 Å². The molecule has 2 aliphatic heterocycles. The second-order valence-corrected chi connectivity index (χ2v) is 5.29. The van der Waals surface area contributed by atoms with Crippen molar-refractivity contribution in [2.45, 2.75) is 57.2 Å². The van der Waals surface area contributed by atoms with E-state index in [1.807, 2.05) is 0 Å². The van der Waals surface area contributed by atoms with Gasteiger partial charge in [0.2, 0.25) is 5.91 Å². The van der Waals surface area contributed by atoms with Gasteiger partial charge in [-0.15, -0.1) is 0 Å². The molecule has 2 rings (SSSR count). The molecule has 0 aromatic carbocycles. The van der Waals surface area contributed by atoms with Gasteiger partial charge in [0.1, 0.15) is 24.4 Å². The first-order valence-electron chi connectivity index (χ1n) is 6.29. The van der Waals surface area contributed by atoms with Gasteiger partial charge in [-0.05, 0) is 13.8 Å². The van der Waals surface area contributed by atoms with Gasteiger partial charge in [-0.1, -0.05) is 0 Å². The van der Waals surface area contributed by atoms with E-state index in [4.69, 9.17) is 18.9 Å². The Morgan fingerprint density at radius 1 is 1.47 bits per heavy atom. The number of carbonyl (C=O) groups is 1. The molecular weight excluding hydrogens is 254 g/mol. The number of methoxy groups -OCH3 is 1. The maximum absolute atomic E-state index is 11.1. The van der Waals surface area contributed by atoms with E-state index in [-0.39, 0.29) is 12.0 Å². The van der Waals surface area contributed by atoms with Crippen molar-refractivity contribution in [1.29, 1.82) is 0 Å². The van der Waals surface area contributed by atoms with Crippen molar-refractivity contribution in [2.24, 2.45) is 0 Å². The molecule has 110 valence electrons. The summed E-state index contributed by atoms with van der Waals surface area (Å²) in [6, 6.07) is -0.611. The minimum Gasteiger partial charge on any atom is -0.388 e. The van der Waals surface area contributed by atoms with Crippen LogP contribution >= 0.6 is 0 Å². The van der Waals surface area contributed by atoms with Gasteiger partial charge >= 0.3 is 0 Å². The molecule has 2 fully saturated rings. The Labute approximate surface area is 112 Å². The first-order chi connectivity index (χ1) is 8.84. The van der Waals surface area contributed by atoms with Crippen LogP contribution in [0.5, 0.6) is 0 Å². The van der Waals surface area contributed by atoms with Crippen molar-refractivity contribution < 1.29 is 28.8 Å². The fourth-order valence-corrected chi connectivity index (χ4v) is 2.46. The molecule has 2 heterocycles. The summed E-state index contributed by atoms with van der Waals surface area (Å²) in [5.41, 5.74) is 0. The van der Waals surface area contributed by atoms with E-state index in [9.17, 15) is 9.90 Å². The number of hydrogen-bond donors (Lipinski definition) is 2. The Morgan fingerprint density at radius 3 is 2.63 bits per heavy atom. The van der Waals surface area contributed by atoms with Gasteiger partial charge < -0.3 is 29.4 Å². The summed E-state index contributed by atoms with van der Waals surface area (Å²) in [5.74, 6) is -0.943. The lowest BCUT2D eigenvalue weighted by Crippen LogP contribution is -2.49. The molecule has 19 heavy (non-hydrogen) atoms. The topological polar surface area (TPSA) is 86.2 Å². The number of hydrogen-bond acceptors (Lipinski definition) is 6. The quantitative estimate of drug-likeness (QED) is 0.713. The molecule has 2 saturated heterocycles. The maximum atomic E-state index is 11.1. The summed E-state index contributed by atoms with van der Waals surface area (Å²) in [6.45, 7) is 5.31. The van der Waals surface area contributed by atoms with Crippen LogP contribution in [0.1, 0.15) is 20.8 Å². The number of ether oxygens (including phenoxy) is 4. The van der Waals surface area contributed by atoms with E-state index in [0.717, 1.165) is 0 Å². The third-order valence-electron chi connectivity index (χ3n) is 3.29. The Hall–Kier alpha value is -0.730. The Bertz CT molecular complexity index is 347. The lowest BCUT2D eigenvalue weighted by atomic mass is 10.0. The van der Waals surface area contributed by atoms with Gasteiger partial charge in [0.25, 0.3) is 0 Å². The third kappa shape index (κ3) is 3.06. The van der Waals surface area contributed by atoms with Gasteiger partial charge in [-0.3, -0.25) is 4.79 Å². The highest BCUT2D eigenvalue weighted by atomic mass is 16.8. The van der Waals surface area contributed by atoms with E-state index < -0.39 is 30.3 Å². The van der Waals surface area contributed by atoms with Crippen molar-refractivity contribution in [3.63, 3.8) is 0 Å². The molecule has 1 amide bonds. The first-order valence-corrected chi connectivity index (χ1v) is 6.29. The summed E-state index contributed by atoms with van der Waals surface area (Å²) < 4.78 is 21.9. The zero-order valence-electron chi connectivity index (χ0n) is 11.6. The number of nitrogens with one attached hydrogen (secondary N) is 1. The smallest absolute Gasteiger partial charge is 0.217 e. The van der Waals surface area contributed by atoms with Crippen LogP contribution in [-0.4, -0.2) is 61.2 Å². The average molecular weight is 275 g/mol. The van der Waals surface area contributed by atoms with Crippen LogP contribution in [-0.2, 0) is 23.7 Å². The number of carbonyl (C=O) groups excluding carboxylic acids is 1. The molecular formula is C12H21NO6. The molecule has 0 unspecified atom stereocenters. The molecule has 2 aliphatic rings. The number of aliphatic hydroxyl groups excluding tert-OH is 1. The van der Waals surface area contributed by atoms with Gasteiger partial charge in [0, 0.05) is 14.0 Å².